The predicted molar refractivity (Wildman–Crippen MR) is 95.9 cm³/mol. The Labute approximate surface area is 147 Å². The lowest BCUT2D eigenvalue weighted by Gasteiger charge is -2.01. The molecule has 2 aromatic carbocycles. The van der Waals surface area contributed by atoms with E-state index in [1.54, 1.807) is 13.1 Å². The lowest BCUT2D eigenvalue weighted by atomic mass is 10.1. The van der Waals surface area contributed by atoms with Gasteiger partial charge in [0.2, 0.25) is 0 Å². The molecule has 0 unspecified atom stereocenters. The fourth-order valence-electron chi connectivity index (χ4n) is 2.24. The Morgan fingerprint density at radius 3 is 2.75 bits per heavy atom. The number of hydrogen-bond acceptors (Lipinski definition) is 4. The van der Waals surface area contributed by atoms with Gasteiger partial charge in [-0.05, 0) is 24.6 Å². The van der Waals surface area contributed by atoms with Crippen LogP contribution in [0.1, 0.15) is 21.7 Å². The topological polar surface area (TPSA) is 67.5 Å². The van der Waals surface area contributed by atoms with E-state index in [0.717, 1.165) is 15.6 Å². The second-order valence-electron chi connectivity index (χ2n) is 5.08. The fourth-order valence-corrected chi connectivity index (χ4v) is 2.66. The molecule has 5 nitrogen and oxygen atoms in total. The molecule has 0 fully saturated rings. The third-order valence-corrected chi connectivity index (χ3v) is 3.86. The maximum atomic E-state index is 12.4. The lowest BCUT2D eigenvalue weighted by molar-refractivity contribution is 0.0954. The maximum Gasteiger partial charge on any atom is 0.277 e. The van der Waals surface area contributed by atoms with E-state index in [-0.39, 0.29) is 5.91 Å². The Hall–Kier alpha value is -2.73. The van der Waals surface area contributed by atoms with Crippen LogP contribution in [0.3, 0.4) is 0 Å². The van der Waals surface area contributed by atoms with Gasteiger partial charge >= 0.3 is 0 Å². The van der Waals surface area contributed by atoms with Crippen LogP contribution in [0.25, 0.3) is 11.3 Å². The number of hydrazone groups is 1. The third-order valence-electron chi connectivity index (χ3n) is 3.37. The summed E-state index contributed by atoms with van der Waals surface area (Å²) in [4.78, 5) is 12.4. The summed E-state index contributed by atoms with van der Waals surface area (Å²) in [6.07, 6.45) is 1.58. The van der Waals surface area contributed by atoms with Crippen molar-refractivity contribution in [1.29, 1.82) is 0 Å². The minimum absolute atomic E-state index is 0.362. The molecule has 0 aliphatic heterocycles. The summed E-state index contributed by atoms with van der Waals surface area (Å²) in [6, 6.07) is 17.0. The van der Waals surface area contributed by atoms with Crippen LogP contribution in [0.15, 0.2) is 68.7 Å². The summed E-state index contributed by atoms with van der Waals surface area (Å²) in [5.41, 5.74) is 5.09. The molecule has 120 valence electrons. The molecule has 0 aliphatic carbocycles. The van der Waals surface area contributed by atoms with Gasteiger partial charge in [-0.2, -0.15) is 5.10 Å². The molecule has 1 aromatic heterocycles. The van der Waals surface area contributed by atoms with Gasteiger partial charge in [0.1, 0.15) is 17.0 Å². The molecule has 0 atom stereocenters. The number of carbonyl (C=O) groups excluding carboxylic acids is 1. The van der Waals surface area contributed by atoms with E-state index in [4.69, 9.17) is 4.52 Å². The van der Waals surface area contributed by atoms with E-state index < -0.39 is 0 Å². The Bertz CT molecular complexity index is 888. The summed E-state index contributed by atoms with van der Waals surface area (Å²) in [7, 11) is 0. The summed E-state index contributed by atoms with van der Waals surface area (Å²) < 4.78 is 6.13. The van der Waals surface area contributed by atoms with Crippen LogP contribution < -0.4 is 5.43 Å². The first-order valence-electron chi connectivity index (χ1n) is 7.26. The van der Waals surface area contributed by atoms with Crippen molar-refractivity contribution in [3.05, 3.63) is 76.0 Å². The number of benzene rings is 2. The Morgan fingerprint density at radius 1 is 1.21 bits per heavy atom. The van der Waals surface area contributed by atoms with E-state index in [0.29, 0.717) is 17.0 Å². The number of carbonyl (C=O) groups is 1. The highest BCUT2D eigenvalue weighted by Gasteiger charge is 2.21. The van der Waals surface area contributed by atoms with Crippen molar-refractivity contribution in [2.75, 3.05) is 0 Å². The van der Waals surface area contributed by atoms with Crippen molar-refractivity contribution in [2.45, 2.75) is 6.92 Å². The van der Waals surface area contributed by atoms with Gasteiger partial charge in [0.15, 0.2) is 0 Å². The van der Waals surface area contributed by atoms with E-state index in [2.05, 4.69) is 31.6 Å². The average molecular weight is 384 g/mol. The number of nitrogens with zero attached hydrogens (tertiary/aromatic N) is 2. The van der Waals surface area contributed by atoms with Gasteiger partial charge in [0.25, 0.3) is 5.91 Å². The highest BCUT2D eigenvalue weighted by molar-refractivity contribution is 9.10. The maximum absolute atomic E-state index is 12.4. The summed E-state index contributed by atoms with van der Waals surface area (Å²) in [6.45, 7) is 1.70. The van der Waals surface area contributed by atoms with Gasteiger partial charge in [-0.3, -0.25) is 4.79 Å². The number of amides is 1. The molecular formula is C18H14BrN3O2. The zero-order valence-corrected chi connectivity index (χ0v) is 14.4. The van der Waals surface area contributed by atoms with Crippen molar-refractivity contribution in [1.82, 2.24) is 10.6 Å². The van der Waals surface area contributed by atoms with Crippen LogP contribution in [0.5, 0.6) is 0 Å². The van der Waals surface area contributed by atoms with Crippen molar-refractivity contribution in [3.63, 3.8) is 0 Å². The van der Waals surface area contributed by atoms with Gasteiger partial charge in [0.05, 0.1) is 6.21 Å². The van der Waals surface area contributed by atoms with Crippen LogP contribution in [-0.2, 0) is 0 Å². The average Bonchev–Trinajstić information content (AvgIpc) is 2.97. The van der Waals surface area contributed by atoms with Gasteiger partial charge in [-0.1, -0.05) is 63.6 Å². The Morgan fingerprint density at radius 2 is 2.00 bits per heavy atom. The third kappa shape index (κ3) is 3.60. The van der Waals surface area contributed by atoms with E-state index in [1.807, 2.05) is 54.6 Å². The zero-order chi connectivity index (χ0) is 16.9. The molecule has 1 heterocycles. The van der Waals surface area contributed by atoms with E-state index in [1.165, 1.54) is 0 Å². The van der Waals surface area contributed by atoms with Crippen LogP contribution in [0, 0.1) is 6.92 Å². The largest absolute Gasteiger partial charge is 0.360 e. The quantitative estimate of drug-likeness (QED) is 0.542. The molecule has 0 spiro atoms. The van der Waals surface area contributed by atoms with E-state index >= 15 is 0 Å². The van der Waals surface area contributed by atoms with Crippen LogP contribution in [0.2, 0.25) is 0 Å². The Balaban J connectivity index is 1.80. The number of rotatable bonds is 4. The second-order valence-corrected chi connectivity index (χ2v) is 6.00. The van der Waals surface area contributed by atoms with Gasteiger partial charge < -0.3 is 4.52 Å². The SMILES string of the molecule is Cc1onc(-c2ccccc2)c1C(=O)N/N=C\c1cccc(Br)c1. The molecule has 0 bridgehead atoms. The molecule has 24 heavy (non-hydrogen) atoms. The van der Waals surface area contributed by atoms with Gasteiger partial charge in [-0.25, -0.2) is 5.43 Å². The van der Waals surface area contributed by atoms with E-state index in [9.17, 15) is 4.79 Å². The molecule has 0 saturated heterocycles. The van der Waals surface area contributed by atoms with Gasteiger partial charge in [-0.15, -0.1) is 0 Å². The zero-order valence-electron chi connectivity index (χ0n) is 12.9. The molecule has 0 saturated carbocycles. The normalized spacial score (nSPS) is 10.9. The first-order valence-corrected chi connectivity index (χ1v) is 8.05. The molecule has 1 N–H and O–H groups in total. The minimum atomic E-state index is -0.362. The molecule has 6 heteroatoms. The smallest absolute Gasteiger partial charge is 0.277 e. The molecule has 3 aromatic rings. The van der Waals surface area contributed by atoms with Crippen molar-refractivity contribution < 1.29 is 9.32 Å². The second kappa shape index (κ2) is 7.23. The molecule has 1 amide bonds. The first kappa shape index (κ1) is 16.1. The minimum Gasteiger partial charge on any atom is -0.360 e. The number of nitrogens with one attached hydrogen (secondary N) is 1. The standard InChI is InChI=1S/C18H14BrN3O2/c1-12-16(17(22-24-12)14-7-3-2-4-8-14)18(23)21-20-11-13-6-5-9-15(19)10-13/h2-11H,1H3,(H,21,23)/b20-11-. The Kier molecular flexibility index (Phi) is 4.86. The molecule has 3 rings (SSSR count). The number of halogens is 1. The number of aromatic nitrogens is 1. The molecule has 0 radical (unpaired) electrons. The molecular weight excluding hydrogens is 370 g/mol. The predicted octanol–water partition coefficient (Wildman–Crippen LogP) is 4.18. The number of aryl methyl sites for hydroxylation is 1. The summed E-state index contributed by atoms with van der Waals surface area (Å²) in [5, 5.41) is 7.99. The van der Waals surface area contributed by atoms with Crippen molar-refractivity contribution in [3.8, 4) is 11.3 Å². The lowest BCUT2D eigenvalue weighted by Crippen LogP contribution is -2.18. The monoisotopic (exact) mass is 383 g/mol. The fraction of sp³-hybridized carbons (Fsp3) is 0.0556. The van der Waals surface area contributed by atoms with Crippen molar-refractivity contribution in [2.24, 2.45) is 5.10 Å². The highest BCUT2D eigenvalue weighted by atomic mass is 79.9. The van der Waals surface area contributed by atoms with Crippen LogP contribution in [0.4, 0.5) is 0 Å². The molecule has 0 aliphatic rings. The van der Waals surface area contributed by atoms with Crippen LogP contribution in [-0.4, -0.2) is 17.3 Å². The highest BCUT2D eigenvalue weighted by Crippen LogP contribution is 2.24. The van der Waals surface area contributed by atoms with Crippen molar-refractivity contribution >= 4 is 28.1 Å². The number of hydrogen-bond donors (Lipinski definition) is 1. The summed E-state index contributed by atoms with van der Waals surface area (Å²) in [5.74, 6) is 0.0860. The van der Waals surface area contributed by atoms with Gasteiger partial charge in [0, 0.05) is 10.0 Å². The van der Waals surface area contributed by atoms with Crippen LogP contribution >= 0.6 is 15.9 Å². The first-order chi connectivity index (χ1) is 11.6. The summed E-state index contributed by atoms with van der Waals surface area (Å²) >= 11 is 3.39.